The zero-order chi connectivity index (χ0) is 14.8. The van der Waals surface area contributed by atoms with Crippen molar-refractivity contribution in [2.45, 2.75) is 64.2 Å². The second-order valence-corrected chi connectivity index (χ2v) is 6.97. The molecule has 0 aromatic heterocycles. The van der Waals surface area contributed by atoms with Gasteiger partial charge in [-0.25, -0.2) is 5.06 Å². The highest BCUT2D eigenvalue weighted by Gasteiger charge is 2.42. The maximum Gasteiger partial charge on any atom is 0.275 e. The number of carbonyl (C=O) groups excluding carboxylic acids is 1. The van der Waals surface area contributed by atoms with E-state index < -0.39 is 0 Å². The molecule has 0 aromatic carbocycles. The largest absolute Gasteiger partial charge is 0.363 e. The number of amides is 1. The molecule has 3 aliphatic heterocycles. The van der Waals surface area contributed by atoms with E-state index in [1.165, 1.54) is 5.06 Å². The molecular formula is C16H28N2O3. The van der Waals surface area contributed by atoms with E-state index >= 15 is 0 Å². The molecular weight excluding hydrogens is 268 g/mol. The molecule has 0 unspecified atom stereocenters. The van der Waals surface area contributed by atoms with Gasteiger partial charge >= 0.3 is 0 Å². The van der Waals surface area contributed by atoms with Crippen LogP contribution in [0, 0.1) is 5.92 Å². The van der Waals surface area contributed by atoms with Crippen molar-refractivity contribution >= 4 is 5.91 Å². The van der Waals surface area contributed by atoms with Gasteiger partial charge in [-0.2, -0.15) is 0 Å². The summed E-state index contributed by atoms with van der Waals surface area (Å²) in [6.45, 7) is 8.14. The van der Waals surface area contributed by atoms with Crippen molar-refractivity contribution in [2.24, 2.45) is 5.92 Å². The maximum absolute atomic E-state index is 12.5. The first-order valence-corrected chi connectivity index (χ1v) is 8.49. The lowest BCUT2D eigenvalue weighted by molar-refractivity contribution is -0.213. The quantitative estimate of drug-likeness (QED) is 0.797. The molecule has 0 saturated carbocycles. The number of hydrogen-bond donors (Lipinski definition) is 0. The standard InChI is InChI=1S/C16H28N2O3/c1-12(2)11-17-9-7-14-13(17)5-6-15(21-14)16(19)18-8-3-4-10-20-18/h12-15H,3-11H2,1-2H3/t13-,14-,15-/m0/s1. The summed E-state index contributed by atoms with van der Waals surface area (Å²) in [6, 6.07) is 0.513. The molecule has 3 atom stereocenters. The van der Waals surface area contributed by atoms with E-state index in [9.17, 15) is 4.79 Å². The molecule has 0 radical (unpaired) electrons. The average molecular weight is 296 g/mol. The van der Waals surface area contributed by atoms with Crippen molar-refractivity contribution in [1.82, 2.24) is 9.96 Å². The fraction of sp³-hybridized carbons (Fsp3) is 0.938. The highest BCUT2D eigenvalue weighted by Crippen LogP contribution is 2.32. The minimum absolute atomic E-state index is 0.0375. The Morgan fingerprint density at radius 3 is 2.76 bits per heavy atom. The lowest BCUT2D eigenvalue weighted by atomic mass is 9.98. The van der Waals surface area contributed by atoms with Crippen molar-refractivity contribution in [1.29, 1.82) is 0 Å². The van der Waals surface area contributed by atoms with E-state index in [1.807, 2.05) is 0 Å². The van der Waals surface area contributed by atoms with Crippen LogP contribution in [0.15, 0.2) is 0 Å². The summed E-state index contributed by atoms with van der Waals surface area (Å²) in [7, 11) is 0. The lowest BCUT2D eigenvalue weighted by Gasteiger charge is -2.38. The van der Waals surface area contributed by atoms with Crippen LogP contribution in [-0.2, 0) is 14.4 Å². The van der Waals surface area contributed by atoms with Crippen LogP contribution in [0.4, 0.5) is 0 Å². The van der Waals surface area contributed by atoms with Crippen LogP contribution in [0.2, 0.25) is 0 Å². The molecule has 1 amide bonds. The second-order valence-electron chi connectivity index (χ2n) is 6.97. The number of hydroxylamine groups is 2. The minimum Gasteiger partial charge on any atom is -0.363 e. The summed E-state index contributed by atoms with van der Waals surface area (Å²) in [5.41, 5.74) is 0. The number of rotatable bonds is 3. The van der Waals surface area contributed by atoms with Crippen LogP contribution in [0.1, 0.15) is 46.0 Å². The fourth-order valence-corrected chi connectivity index (χ4v) is 3.82. The number of carbonyl (C=O) groups is 1. The summed E-state index contributed by atoms with van der Waals surface area (Å²) in [5, 5.41) is 1.54. The normalized spacial score (nSPS) is 34.2. The number of nitrogens with zero attached hydrogens (tertiary/aromatic N) is 2. The third-order valence-corrected chi connectivity index (χ3v) is 4.79. The third kappa shape index (κ3) is 3.41. The van der Waals surface area contributed by atoms with Gasteiger partial charge in [-0.1, -0.05) is 13.8 Å². The maximum atomic E-state index is 12.5. The van der Waals surface area contributed by atoms with Crippen LogP contribution >= 0.6 is 0 Å². The van der Waals surface area contributed by atoms with Crippen LogP contribution < -0.4 is 0 Å². The summed E-state index contributed by atoms with van der Waals surface area (Å²) in [5.74, 6) is 0.723. The molecule has 0 aromatic rings. The molecule has 120 valence electrons. The molecule has 0 N–H and O–H groups in total. The van der Waals surface area contributed by atoms with Gasteiger partial charge < -0.3 is 4.74 Å². The van der Waals surface area contributed by atoms with Gasteiger partial charge in [0.2, 0.25) is 0 Å². The Labute approximate surface area is 127 Å². The topological polar surface area (TPSA) is 42.0 Å². The summed E-state index contributed by atoms with van der Waals surface area (Å²) in [4.78, 5) is 20.5. The molecule has 5 heteroatoms. The molecule has 3 saturated heterocycles. The third-order valence-electron chi connectivity index (χ3n) is 4.79. The zero-order valence-corrected chi connectivity index (χ0v) is 13.3. The van der Waals surface area contributed by atoms with Crippen molar-refractivity contribution in [3.05, 3.63) is 0 Å². The Morgan fingerprint density at radius 2 is 2.05 bits per heavy atom. The first-order valence-electron chi connectivity index (χ1n) is 8.49. The van der Waals surface area contributed by atoms with Crippen molar-refractivity contribution < 1.29 is 14.4 Å². The predicted molar refractivity (Wildman–Crippen MR) is 79.6 cm³/mol. The molecule has 21 heavy (non-hydrogen) atoms. The number of ether oxygens (including phenoxy) is 1. The summed E-state index contributed by atoms with van der Waals surface area (Å²) < 4.78 is 6.12. The van der Waals surface area contributed by atoms with Crippen molar-refractivity contribution in [3.63, 3.8) is 0 Å². The van der Waals surface area contributed by atoms with Gasteiger partial charge in [0, 0.05) is 25.7 Å². The molecule has 3 fully saturated rings. The van der Waals surface area contributed by atoms with Crippen LogP contribution in [0.5, 0.6) is 0 Å². The van der Waals surface area contributed by atoms with Crippen LogP contribution in [-0.4, -0.2) is 60.4 Å². The summed E-state index contributed by atoms with van der Waals surface area (Å²) >= 11 is 0. The Kier molecular flexibility index (Phi) is 4.82. The van der Waals surface area contributed by atoms with Gasteiger partial charge in [0.25, 0.3) is 5.91 Å². The minimum atomic E-state index is -0.289. The predicted octanol–water partition coefficient (Wildman–Crippen LogP) is 1.82. The molecule has 3 aliphatic rings. The summed E-state index contributed by atoms with van der Waals surface area (Å²) in [6.07, 6.45) is 4.98. The monoisotopic (exact) mass is 296 g/mol. The lowest BCUT2D eigenvalue weighted by Crippen LogP contribution is -2.50. The Morgan fingerprint density at radius 1 is 1.19 bits per heavy atom. The number of likely N-dealkylation sites (tertiary alicyclic amines) is 1. The van der Waals surface area contributed by atoms with E-state index in [-0.39, 0.29) is 18.1 Å². The fourth-order valence-electron chi connectivity index (χ4n) is 3.82. The highest BCUT2D eigenvalue weighted by molar-refractivity contribution is 5.80. The molecule has 0 aliphatic carbocycles. The SMILES string of the molecule is CC(C)CN1CC[C@@H]2O[C@H](C(=O)N3CCCCO3)CC[C@@H]21. The molecule has 0 bridgehead atoms. The molecule has 0 spiro atoms. The zero-order valence-electron chi connectivity index (χ0n) is 13.3. The van der Waals surface area contributed by atoms with Gasteiger partial charge in [-0.3, -0.25) is 14.5 Å². The molecule has 3 rings (SSSR count). The van der Waals surface area contributed by atoms with Crippen LogP contribution in [0.25, 0.3) is 0 Å². The Balaban J connectivity index is 1.55. The second kappa shape index (κ2) is 6.63. The van der Waals surface area contributed by atoms with Crippen molar-refractivity contribution in [3.8, 4) is 0 Å². The van der Waals surface area contributed by atoms with E-state index in [2.05, 4.69) is 18.7 Å². The first kappa shape index (κ1) is 15.3. The number of hydrogen-bond acceptors (Lipinski definition) is 4. The van der Waals surface area contributed by atoms with Gasteiger partial charge in [0.1, 0.15) is 6.10 Å². The van der Waals surface area contributed by atoms with E-state index in [1.54, 1.807) is 0 Å². The van der Waals surface area contributed by atoms with E-state index in [0.717, 1.165) is 45.2 Å². The molecule has 3 heterocycles. The van der Waals surface area contributed by atoms with Gasteiger partial charge in [0.15, 0.2) is 0 Å². The van der Waals surface area contributed by atoms with E-state index in [0.29, 0.717) is 25.1 Å². The number of fused-ring (bicyclic) bond motifs is 1. The van der Waals surface area contributed by atoms with Crippen LogP contribution in [0.3, 0.4) is 0 Å². The van der Waals surface area contributed by atoms with Crippen molar-refractivity contribution in [2.75, 3.05) is 26.2 Å². The van der Waals surface area contributed by atoms with Gasteiger partial charge in [0.05, 0.1) is 12.7 Å². The highest BCUT2D eigenvalue weighted by atomic mass is 16.7. The Hall–Kier alpha value is -0.650. The van der Waals surface area contributed by atoms with Gasteiger partial charge in [-0.15, -0.1) is 0 Å². The molecule has 5 nitrogen and oxygen atoms in total. The first-order chi connectivity index (χ1) is 10.1. The smallest absolute Gasteiger partial charge is 0.275 e. The van der Waals surface area contributed by atoms with E-state index in [4.69, 9.17) is 9.57 Å². The average Bonchev–Trinajstić information content (AvgIpc) is 2.89. The van der Waals surface area contributed by atoms with Gasteiger partial charge in [-0.05, 0) is 38.0 Å². The Bertz CT molecular complexity index is 369.